The molecule has 0 aromatic rings. The zero-order chi connectivity index (χ0) is 7.82. The Bertz CT molecular complexity index is 81.3. The fraction of sp³-hybridized carbons (Fsp3) is 0.750. The van der Waals surface area contributed by atoms with Crippen LogP contribution in [-0.2, 0) is 4.74 Å². The van der Waals surface area contributed by atoms with E-state index in [0.717, 1.165) is 26.2 Å². The molecule has 0 aromatic carbocycles. The van der Waals surface area contributed by atoms with Gasteiger partial charge in [0.05, 0.1) is 13.2 Å². The summed E-state index contributed by atoms with van der Waals surface area (Å²) < 4.78 is 5.27. The molecule has 0 radical (unpaired) electrons. The topological polar surface area (TPSA) is 12.5 Å². The molecule has 0 fully saturated rings. The van der Waals surface area contributed by atoms with E-state index in [1.807, 2.05) is 20.2 Å². The van der Waals surface area contributed by atoms with Crippen molar-refractivity contribution < 1.29 is 4.74 Å². The molecular weight excluding hydrogens is 126 g/mol. The fourth-order valence-corrected chi connectivity index (χ4v) is 0.516. The van der Waals surface area contributed by atoms with Gasteiger partial charge in [0.2, 0.25) is 0 Å². The monoisotopic (exact) mass is 143 g/mol. The molecule has 0 atom stereocenters. The molecule has 0 aliphatic rings. The quantitative estimate of drug-likeness (QED) is 0.408. The van der Waals surface area contributed by atoms with Gasteiger partial charge in [-0.2, -0.15) is 0 Å². The fourth-order valence-electron chi connectivity index (χ4n) is 0.516. The Hall–Kier alpha value is -0.340. The molecule has 0 spiro atoms. The van der Waals surface area contributed by atoms with E-state index >= 15 is 0 Å². The number of rotatable bonds is 6. The van der Waals surface area contributed by atoms with Gasteiger partial charge in [0, 0.05) is 6.54 Å². The molecule has 0 saturated carbocycles. The highest BCUT2D eigenvalue weighted by Crippen LogP contribution is 1.83. The summed E-state index contributed by atoms with van der Waals surface area (Å²) in [6.45, 7) is 6.22. The van der Waals surface area contributed by atoms with Crippen LogP contribution in [0, 0.1) is 0 Å². The van der Waals surface area contributed by atoms with Gasteiger partial charge in [-0.05, 0) is 20.5 Å². The van der Waals surface area contributed by atoms with E-state index in [2.05, 4.69) is 11.5 Å². The third kappa shape index (κ3) is 7.66. The Labute approximate surface area is 63.5 Å². The first-order chi connectivity index (χ1) is 4.77. The molecule has 2 heteroatoms. The predicted octanol–water partition coefficient (Wildman–Crippen LogP) is 1.14. The number of nitrogens with zero attached hydrogens (tertiary/aromatic N) is 1. The van der Waals surface area contributed by atoms with Gasteiger partial charge in [-0.25, -0.2) is 0 Å². The van der Waals surface area contributed by atoms with Crippen LogP contribution in [0.3, 0.4) is 0 Å². The standard InChI is InChI=1S/C8H17NO/c1-4-5-7-10-8-6-9(2)3/h4H,1,5-8H2,2-3H3. The highest BCUT2D eigenvalue weighted by molar-refractivity contribution is 4.64. The van der Waals surface area contributed by atoms with Gasteiger partial charge in [-0.15, -0.1) is 6.58 Å². The second-order valence-electron chi connectivity index (χ2n) is 2.49. The lowest BCUT2D eigenvalue weighted by Gasteiger charge is -2.08. The summed E-state index contributed by atoms with van der Waals surface area (Å²) in [5.74, 6) is 0. The summed E-state index contributed by atoms with van der Waals surface area (Å²) in [6.07, 6.45) is 2.82. The van der Waals surface area contributed by atoms with Gasteiger partial charge in [0.15, 0.2) is 0 Å². The minimum absolute atomic E-state index is 0.803. The average molecular weight is 143 g/mol. The molecule has 0 unspecified atom stereocenters. The van der Waals surface area contributed by atoms with Crippen molar-refractivity contribution in [3.63, 3.8) is 0 Å². The summed E-state index contributed by atoms with van der Waals surface area (Å²) in [5.41, 5.74) is 0. The van der Waals surface area contributed by atoms with Crippen molar-refractivity contribution in [2.24, 2.45) is 0 Å². The molecule has 10 heavy (non-hydrogen) atoms. The Morgan fingerprint density at radius 2 is 2.10 bits per heavy atom. The third-order valence-corrected chi connectivity index (χ3v) is 1.15. The zero-order valence-corrected chi connectivity index (χ0v) is 6.97. The lowest BCUT2D eigenvalue weighted by Crippen LogP contribution is -2.18. The van der Waals surface area contributed by atoms with E-state index in [9.17, 15) is 0 Å². The van der Waals surface area contributed by atoms with Crippen molar-refractivity contribution in [1.82, 2.24) is 4.90 Å². The molecule has 0 N–H and O–H groups in total. The smallest absolute Gasteiger partial charge is 0.0593 e. The second-order valence-corrected chi connectivity index (χ2v) is 2.49. The Kier molecular flexibility index (Phi) is 6.55. The van der Waals surface area contributed by atoms with Crippen LogP contribution in [0.1, 0.15) is 6.42 Å². The highest BCUT2D eigenvalue weighted by Gasteiger charge is 1.88. The lowest BCUT2D eigenvalue weighted by atomic mass is 10.4. The number of hydrogen-bond acceptors (Lipinski definition) is 2. The van der Waals surface area contributed by atoms with E-state index in [1.165, 1.54) is 0 Å². The van der Waals surface area contributed by atoms with Gasteiger partial charge < -0.3 is 9.64 Å². The van der Waals surface area contributed by atoms with Gasteiger partial charge in [-0.3, -0.25) is 0 Å². The molecule has 0 amide bonds. The van der Waals surface area contributed by atoms with Crippen molar-refractivity contribution in [3.05, 3.63) is 12.7 Å². The number of hydrogen-bond donors (Lipinski definition) is 0. The Balaban J connectivity index is 2.83. The summed E-state index contributed by atoms with van der Waals surface area (Å²) in [6, 6.07) is 0. The van der Waals surface area contributed by atoms with Crippen LogP contribution < -0.4 is 0 Å². The Morgan fingerprint density at radius 1 is 1.40 bits per heavy atom. The number of ether oxygens (including phenoxy) is 1. The van der Waals surface area contributed by atoms with Gasteiger partial charge in [-0.1, -0.05) is 6.08 Å². The predicted molar refractivity (Wildman–Crippen MR) is 44.2 cm³/mol. The van der Waals surface area contributed by atoms with Crippen molar-refractivity contribution in [2.75, 3.05) is 33.9 Å². The molecule has 0 rings (SSSR count). The lowest BCUT2D eigenvalue weighted by molar-refractivity contribution is 0.121. The first-order valence-electron chi connectivity index (χ1n) is 3.60. The minimum atomic E-state index is 0.803. The molecule has 0 aromatic heterocycles. The van der Waals surface area contributed by atoms with E-state index in [0.29, 0.717) is 0 Å². The summed E-state index contributed by atoms with van der Waals surface area (Å²) in [4.78, 5) is 2.11. The van der Waals surface area contributed by atoms with Gasteiger partial charge >= 0.3 is 0 Å². The molecular formula is C8H17NO. The molecule has 0 saturated heterocycles. The van der Waals surface area contributed by atoms with Crippen molar-refractivity contribution in [1.29, 1.82) is 0 Å². The van der Waals surface area contributed by atoms with Crippen molar-refractivity contribution in [2.45, 2.75) is 6.42 Å². The van der Waals surface area contributed by atoms with Crippen LogP contribution in [0.5, 0.6) is 0 Å². The molecule has 0 aliphatic heterocycles. The maximum Gasteiger partial charge on any atom is 0.0593 e. The normalized spacial score (nSPS) is 10.3. The van der Waals surface area contributed by atoms with E-state index in [1.54, 1.807) is 0 Å². The SMILES string of the molecule is C=CCCOCCN(C)C. The second kappa shape index (κ2) is 6.78. The van der Waals surface area contributed by atoms with Crippen LogP contribution in [0.25, 0.3) is 0 Å². The van der Waals surface area contributed by atoms with E-state index < -0.39 is 0 Å². The van der Waals surface area contributed by atoms with Crippen LogP contribution in [0.15, 0.2) is 12.7 Å². The zero-order valence-electron chi connectivity index (χ0n) is 6.97. The van der Waals surface area contributed by atoms with Crippen LogP contribution in [-0.4, -0.2) is 38.8 Å². The summed E-state index contributed by atoms with van der Waals surface area (Å²) >= 11 is 0. The Morgan fingerprint density at radius 3 is 2.60 bits per heavy atom. The first-order valence-corrected chi connectivity index (χ1v) is 3.60. The first kappa shape index (κ1) is 9.66. The summed E-state index contributed by atoms with van der Waals surface area (Å²) in [5, 5.41) is 0. The highest BCUT2D eigenvalue weighted by atomic mass is 16.5. The largest absolute Gasteiger partial charge is 0.380 e. The van der Waals surface area contributed by atoms with Gasteiger partial charge in [0.1, 0.15) is 0 Å². The molecule has 2 nitrogen and oxygen atoms in total. The van der Waals surface area contributed by atoms with Crippen molar-refractivity contribution in [3.8, 4) is 0 Å². The van der Waals surface area contributed by atoms with E-state index in [-0.39, 0.29) is 0 Å². The molecule has 60 valence electrons. The van der Waals surface area contributed by atoms with Crippen LogP contribution in [0.2, 0.25) is 0 Å². The number of likely N-dealkylation sites (N-methyl/N-ethyl adjacent to an activating group) is 1. The summed E-state index contributed by atoms with van der Waals surface area (Å²) in [7, 11) is 4.08. The third-order valence-electron chi connectivity index (χ3n) is 1.15. The van der Waals surface area contributed by atoms with E-state index in [4.69, 9.17) is 4.74 Å². The van der Waals surface area contributed by atoms with Crippen LogP contribution >= 0.6 is 0 Å². The average Bonchev–Trinajstić information content (AvgIpc) is 1.87. The maximum atomic E-state index is 5.27. The molecule has 0 aliphatic carbocycles. The van der Waals surface area contributed by atoms with Crippen LogP contribution in [0.4, 0.5) is 0 Å². The minimum Gasteiger partial charge on any atom is -0.380 e. The molecule has 0 heterocycles. The maximum absolute atomic E-state index is 5.27. The molecule has 0 bridgehead atoms. The van der Waals surface area contributed by atoms with Gasteiger partial charge in [0.25, 0.3) is 0 Å². The van der Waals surface area contributed by atoms with Crippen molar-refractivity contribution >= 4 is 0 Å².